The molecule has 18 heavy (non-hydrogen) atoms. The second-order valence-electron chi connectivity index (χ2n) is 3.53. The molecule has 100 valence electrons. The highest BCUT2D eigenvalue weighted by Gasteiger charge is 2.42. The van der Waals surface area contributed by atoms with E-state index in [-0.39, 0.29) is 6.61 Å². The van der Waals surface area contributed by atoms with Crippen molar-refractivity contribution in [2.45, 2.75) is 25.3 Å². The zero-order valence-corrected chi connectivity index (χ0v) is 10.7. The average Bonchev–Trinajstić information content (AvgIpc) is 2.24. The SMILES string of the molecule is O=C(O)CC(OCc1ccccc1Br)C(F)(F)F. The molecule has 7 heteroatoms. The number of hydrogen-bond donors (Lipinski definition) is 1. The van der Waals surface area contributed by atoms with Crippen LogP contribution in [0.4, 0.5) is 13.2 Å². The predicted molar refractivity (Wildman–Crippen MR) is 61.0 cm³/mol. The fourth-order valence-electron chi connectivity index (χ4n) is 1.23. The molecule has 1 unspecified atom stereocenters. The molecule has 1 aromatic carbocycles. The molecule has 0 aliphatic heterocycles. The molecule has 0 aromatic heterocycles. The number of halogens is 4. The Kier molecular flexibility index (Phi) is 5.15. The summed E-state index contributed by atoms with van der Waals surface area (Å²) in [6, 6.07) is 6.63. The normalized spacial score (nSPS) is 13.3. The average molecular weight is 327 g/mol. The summed E-state index contributed by atoms with van der Waals surface area (Å²) in [5.41, 5.74) is 0.525. The van der Waals surface area contributed by atoms with E-state index < -0.39 is 24.7 Å². The lowest BCUT2D eigenvalue weighted by atomic mass is 10.2. The molecular formula is C11H10BrF3O3. The Morgan fingerprint density at radius 3 is 2.50 bits per heavy atom. The van der Waals surface area contributed by atoms with Gasteiger partial charge in [0.25, 0.3) is 0 Å². The van der Waals surface area contributed by atoms with Crippen molar-refractivity contribution in [2.24, 2.45) is 0 Å². The molecule has 0 aliphatic rings. The number of carboxylic acids is 1. The van der Waals surface area contributed by atoms with Gasteiger partial charge in [-0.15, -0.1) is 0 Å². The molecule has 0 bridgehead atoms. The van der Waals surface area contributed by atoms with Crippen LogP contribution in [-0.2, 0) is 16.1 Å². The Morgan fingerprint density at radius 1 is 1.39 bits per heavy atom. The Labute approximate surface area is 110 Å². The van der Waals surface area contributed by atoms with E-state index in [0.29, 0.717) is 10.0 Å². The van der Waals surface area contributed by atoms with Gasteiger partial charge in [-0.25, -0.2) is 0 Å². The molecule has 1 rings (SSSR count). The van der Waals surface area contributed by atoms with Crippen LogP contribution in [0.2, 0.25) is 0 Å². The third-order valence-corrected chi connectivity index (χ3v) is 2.90. The number of aliphatic carboxylic acids is 1. The summed E-state index contributed by atoms with van der Waals surface area (Å²) in [5.74, 6) is -1.55. The first-order valence-electron chi connectivity index (χ1n) is 4.94. The van der Waals surface area contributed by atoms with E-state index in [0.717, 1.165) is 0 Å². The molecule has 0 saturated heterocycles. The lowest BCUT2D eigenvalue weighted by molar-refractivity contribution is -0.227. The molecular weight excluding hydrogens is 317 g/mol. The van der Waals surface area contributed by atoms with Crippen molar-refractivity contribution in [2.75, 3.05) is 0 Å². The number of hydrogen-bond acceptors (Lipinski definition) is 2. The monoisotopic (exact) mass is 326 g/mol. The molecule has 0 spiro atoms. The Bertz CT molecular complexity index is 420. The maximum Gasteiger partial charge on any atom is 0.415 e. The quantitative estimate of drug-likeness (QED) is 0.902. The second-order valence-corrected chi connectivity index (χ2v) is 4.38. The fourth-order valence-corrected chi connectivity index (χ4v) is 1.63. The number of carbonyl (C=O) groups is 1. The van der Waals surface area contributed by atoms with E-state index in [2.05, 4.69) is 20.7 Å². The van der Waals surface area contributed by atoms with E-state index >= 15 is 0 Å². The maximum absolute atomic E-state index is 12.5. The van der Waals surface area contributed by atoms with Crippen molar-refractivity contribution in [3.8, 4) is 0 Å². The van der Waals surface area contributed by atoms with Gasteiger partial charge in [0.05, 0.1) is 13.0 Å². The van der Waals surface area contributed by atoms with Gasteiger partial charge in [-0.2, -0.15) is 13.2 Å². The van der Waals surface area contributed by atoms with E-state index in [1.54, 1.807) is 24.3 Å². The van der Waals surface area contributed by atoms with Crippen molar-refractivity contribution in [1.29, 1.82) is 0 Å². The van der Waals surface area contributed by atoms with Crippen LogP contribution in [0.15, 0.2) is 28.7 Å². The van der Waals surface area contributed by atoms with Crippen LogP contribution in [-0.4, -0.2) is 23.4 Å². The van der Waals surface area contributed by atoms with Crippen LogP contribution in [0.1, 0.15) is 12.0 Å². The highest BCUT2D eigenvalue weighted by atomic mass is 79.9. The van der Waals surface area contributed by atoms with Gasteiger partial charge in [0.1, 0.15) is 0 Å². The van der Waals surface area contributed by atoms with Crippen LogP contribution >= 0.6 is 15.9 Å². The third-order valence-electron chi connectivity index (χ3n) is 2.12. The highest BCUT2D eigenvalue weighted by Crippen LogP contribution is 2.27. The van der Waals surface area contributed by atoms with Crippen LogP contribution in [0.3, 0.4) is 0 Å². The van der Waals surface area contributed by atoms with Gasteiger partial charge in [-0.1, -0.05) is 34.1 Å². The molecule has 0 amide bonds. The lowest BCUT2D eigenvalue weighted by Gasteiger charge is -2.19. The van der Waals surface area contributed by atoms with E-state index in [4.69, 9.17) is 5.11 Å². The van der Waals surface area contributed by atoms with E-state index in [1.807, 2.05) is 0 Å². The number of alkyl halides is 3. The smallest absolute Gasteiger partial charge is 0.415 e. The van der Waals surface area contributed by atoms with Crippen LogP contribution in [0, 0.1) is 0 Å². The zero-order valence-electron chi connectivity index (χ0n) is 9.08. The fraction of sp³-hybridized carbons (Fsp3) is 0.364. The number of rotatable bonds is 5. The molecule has 0 aliphatic carbocycles. The molecule has 0 saturated carbocycles. The largest absolute Gasteiger partial charge is 0.481 e. The van der Waals surface area contributed by atoms with Crippen LogP contribution in [0.5, 0.6) is 0 Å². The Balaban J connectivity index is 2.68. The minimum absolute atomic E-state index is 0.307. The van der Waals surface area contributed by atoms with Crippen LogP contribution < -0.4 is 0 Å². The van der Waals surface area contributed by atoms with Crippen molar-refractivity contribution in [1.82, 2.24) is 0 Å². The molecule has 0 radical (unpaired) electrons. The second kappa shape index (κ2) is 6.19. The Morgan fingerprint density at radius 2 is 2.00 bits per heavy atom. The van der Waals surface area contributed by atoms with Gasteiger partial charge in [0.15, 0.2) is 6.10 Å². The summed E-state index contributed by atoms with van der Waals surface area (Å²) < 4.78 is 42.7. The van der Waals surface area contributed by atoms with Gasteiger partial charge in [0.2, 0.25) is 0 Å². The standard InChI is InChI=1S/C11H10BrF3O3/c12-8-4-2-1-3-7(8)6-18-9(5-10(16)17)11(13,14)15/h1-4,9H,5-6H2,(H,16,17). The number of carboxylic acid groups (broad SMARTS) is 1. The molecule has 1 atom stereocenters. The summed E-state index contributed by atoms with van der Waals surface area (Å²) in [5, 5.41) is 8.41. The molecule has 1 N–H and O–H groups in total. The van der Waals surface area contributed by atoms with E-state index in [1.165, 1.54) is 0 Å². The summed E-state index contributed by atoms with van der Waals surface area (Å²) in [7, 11) is 0. The minimum atomic E-state index is -4.69. The van der Waals surface area contributed by atoms with E-state index in [9.17, 15) is 18.0 Å². The number of benzene rings is 1. The van der Waals surface area contributed by atoms with Gasteiger partial charge < -0.3 is 9.84 Å². The predicted octanol–water partition coefficient (Wildman–Crippen LogP) is 3.37. The van der Waals surface area contributed by atoms with Gasteiger partial charge in [0, 0.05) is 4.47 Å². The summed E-state index contributed by atoms with van der Waals surface area (Å²) >= 11 is 3.17. The van der Waals surface area contributed by atoms with Crippen LogP contribution in [0.25, 0.3) is 0 Å². The summed E-state index contributed by atoms with van der Waals surface area (Å²) in [6.07, 6.45) is -8.10. The van der Waals surface area contributed by atoms with Gasteiger partial charge >= 0.3 is 12.1 Å². The maximum atomic E-state index is 12.5. The highest BCUT2D eigenvalue weighted by molar-refractivity contribution is 9.10. The first-order valence-corrected chi connectivity index (χ1v) is 5.73. The first kappa shape index (κ1) is 15.0. The van der Waals surface area contributed by atoms with Crippen molar-refractivity contribution >= 4 is 21.9 Å². The molecule has 3 nitrogen and oxygen atoms in total. The summed E-state index contributed by atoms with van der Waals surface area (Å²) in [4.78, 5) is 10.3. The number of ether oxygens (including phenoxy) is 1. The zero-order chi connectivity index (χ0) is 13.8. The Hall–Kier alpha value is -1.08. The van der Waals surface area contributed by atoms with Gasteiger partial charge in [-0.3, -0.25) is 4.79 Å². The molecule has 1 aromatic rings. The molecule has 0 heterocycles. The van der Waals surface area contributed by atoms with Crippen molar-refractivity contribution < 1.29 is 27.8 Å². The first-order chi connectivity index (χ1) is 8.30. The summed E-state index contributed by atoms with van der Waals surface area (Å²) in [6.45, 7) is -0.307. The van der Waals surface area contributed by atoms with Crippen molar-refractivity contribution in [3.63, 3.8) is 0 Å². The lowest BCUT2D eigenvalue weighted by Crippen LogP contribution is -2.33. The molecule has 0 fully saturated rings. The topological polar surface area (TPSA) is 46.5 Å². The van der Waals surface area contributed by atoms with Crippen molar-refractivity contribution in [3.05, 3.63) is 34.3 Å². The minimum Gasteiger partial charge on any atom is -0.481 e. The third kappa shape index (κ3) is 4.66. The van der Waals surface area contributed by atoms with Gasteiger partial charge in [-0.05, 0) is 11.6 Å².